The van der Waals surface area contributed by atoms with Crippen LogP contribution in [0.5, 0.6) is 5.75 Å². The number of nitrogens with one attached hydrogen (secondary N) is 1. The van der Waals surface area contributed by atoms with Crippen LogP contribution in [0, 0.1) is 11.2 Å². The zero-order valence-electron chi connectivity index (χ0n) is 15.8. The normalized spacial score (nSPS) is 21.2. The van der Waals surface area contributed by atoms with Gasteiger partial charge in [-0.05, 0) is 38.0 Å². The Bertz CT molecular complexity index is 685. The third-order valence-electron chi connectivity index (χ3n) is 5.78. The molecule has 0 spiro atoms. The molecule has 1 aromatic rings. The lowest BCUT2D eigenvalue weighted by Gasteiger charge is -2.62. The van der Waals surface area contributed by atoms with E-state index in [1.165, 1.54) is 6.07 Å². The zero-order chi connectivity index (χ0) is 18.2. The standard InChI is InChI=1S/C19H28FN3O2/c1-18(2)11-23(19(18,3)4)17(21-5)22-7-6-13-8-15(20)9-14-10-24-12-25-16(13)14/h8-9H,6-7,10-12H2,1-5H3,(H,21,22). The van der Waals surface area contributed by atoms with E-state index in [1.807, 2.05) is 0 Å². The van der Waals surface area contributed by atoms with Gasteiger partial charge in [0.2, 0.25) is 0 Å². The Morgan fingerprint density at radius 1 is 1.32 bits per heavy atom. The lowest BCUT2D eigenvalue weighted by atomic mass is 9.65. The number of hydrogen-bond donors (Lipinski definition) is 1. The molecule has 2 aliphatic heterocycles. The van der Waals surface area contributed by atoms with Crippen LogP contribution in [0.25, 0.3) is 0 Å². The van der Waals surface area contributed by atoms with E-state index in [4.69, 9.17) is 9.47 Å². The molecule has 0 unspecified atom stereocenters. The van der Waals surface area contributed by atoms with Gasteiger partial charge in [-0.2, -0.15) is 0 Å². The molecule has 0 aliphatic carbocycles. The summed E-state index contributed by atoms with van der Waals surface area (Å²) in [6.45, 7) is 11.3. The molecule has 1 aromatic carbocycles. The number of fused-ring (bicyclic) bond motifs is 1. The lowest BCUT2D eigenvalue weighted by Crippen LogP contribution is -2.72. The molecule has 2 aliphatic rings. The number of ether oxygens (including phenoxy) is 2. The molecule has 1 fully saturated rings. The van der Waals surface area contributed by atoms with E-state index in [0.29, 0.717) is 19.6 Å². The van der Waals surface area contributed by atoms with Crippen molar-refractivity contribution in [2.24, 2.45) is 10.4 Å². The van der Waals surface area contributed by atoms with Gasteiger partial charge < -0.3 is 19.7 Å². The second kappa shape index (κ2) is 6.48. The van der Waals surface area contributed by atoms with Crippen LogP contribution in [-0.2, 0) is 17.8 Å². The maximum absolute atomic E-state index is 13.8. The Kier molecular flexibility index (Phi) is 4.66. The number of likely N-dealkylation sites (tertiary alicyclic amines) is 1. The predicted octanol–water partition coefficient (Wildman–Crippen LogP) is 2.93. The van der Waals surface area contributed by atoms with Crippen LogP contribution in [0.4, 0.5) is 4.39 Å². The molecule has 0 aromatic heterocycles. The van der Waals surface area contributed by atoms with Gasteiger partial charge in [-0.1, -0.05) is 13.8 Å². The molecule has 0 saturated carbocycles. The molecule has 0 bridgehead atoms. The SMILES string of the molecule is CN=C(NCCc1cc(F)cc2c1OCOC2)N1CC(C)(C)C1(C)C. The van der Waals surface area contributed by atoms with Gasteiger partial charge in [0.25, 0.3) is 0 Å². The number of hydrogen-bond acceptors (Lipinski definition) is 3. The first-order valence-corrected chi connectivity index (χ1v) is 8.76. The van der Waals surface area contributed by atoms with E-state index in [-0.39, 0.29) is 23.6 Å². The van der Waals surface area contributed by atoms with E-state index in [1.54, 1.807) is 13.1 Å². The van der Waals surface area contributed by atoms with Crippen LogP contribution < -0.4 is 10.1 Å². The average molecular weight is 349 g/mol. The van der Waals surface area contributed by atoms with Crippen molar-refractivity contribution in [3.05, 3.63) is 29.1 Å². The summed E-state index contributed by atoms with van der Waals surface area (Å²) < 4.78 is 24.6. The van der Waals surface area contributed by atoms with Gasteiger partial charge in [0.1, 0.15) is 11.6 Å². The van der Waals surface area contributed by atoms with Crippen LogP contribution >= 0.6 is 0 Å². The summed E-state index contributed by atoms with van der Waals surface area (Å²) in [5.74, 6) is 1.39. The first-order valence-electron chi connectivity index (χ1n) is 8.76. The van der Waals surface area contributed by atoms with Crippen LogP contribution in [0.15, 0.2) is 17.1 Å². The average Bonchev–Trinajstić information content (AvgIpc) is 2.57. The number of halogens is 1. The second-order valence-corrected chi connectivity index (χ2v) is 7.92. The molecule has 0 radical (unpaired) electrons. The summed E-state index contributed by atoms with van der Waals surface area (Å²) in [6, 6.07) is 3.03. The highest BCUT2D eigenvalue weighted by atomic mass is 19.1. The van der Waals surface area contributed by atoms with Gasteiger partial charge in [-0.25, -0.2) is 4.39 Å². The molecule has 0 amide bonds. The number of aliphatic imine (C=N–C) groups is 1. The molecule has 25 heavy (non-hydrogen) atoms. The number of guanidine groups is 1. The summed E-state index contributed by atoms with van der Waals surface area (Å²) in [5.41, 5.74) is 1.94. The molecule has 1 N–H and O–H groups in total. The van der Waals surface area contributed by atoms with Crippen LogP contribution in [0.2, 0.25) is 0 Å². The van der Waals surface area contributed by atoms with Crippen molar-refractivity contribution in [3.63, 3.8) is 0 Å². The summed E-state index contributed by atoms with van der Waals surface area (Å²) in [4.78, 5) is 6.70. The van der Waals surface area contributed by atoms with Crippen molar-refractivity contribution >= 4 is 5.96 Å². The maximum Gasteiger partial charge on any atom is 0.194 e. The third kappa shape index (κ3) is 3.19. The van der Waals surface area contributed by atoms with Crippen molar-refractivity contribution < 1.29 is 13.9 Å². The summed E-state index contributed by atoms with van der Waals surface area (Å²) in [7, 11) is 1.80. The Balaban J connectivity index is 1.64. The quantitative estimate of drug-likeness (QED) is 0.673. The molecular formula is C19H28FN3O2. The highest BCUT2D eigenvalue weighted by Gasteiger charge is 2.53. The van der Waals surface area contributed by atoms with Gasteiger partial charge in [0.15, 0.2) is 12.8 Å². The topological polar surface area (TPSA) is 46.1 Å². The van der Waals surface area contributed by atoms with E-state index in [2.05, 4.69) is 42.9 Å². The molecule has 3 rings (SSSR count). The Morgan fingerprint density at radius 2 is 2.08 bits per heavy atom. The van der Waals surface area contributed by atoms with Crippen LogP contribution in [0.1, 0.15) is 38.8 Å². The van der Waals surface area contributed by atoms with Crippen molar-refractivity contribution in [1.82, 2.24) is 10.2 Å². The molecule has 1 saturated heterocycles. The maximum atomic E-state index is 13.8. The molecule has 6 heteroatoms. The van der Waals surface area contributed by atoms with Gasteiger partial charge in [-0.15, -0.1) is 0 Å². The number of benzene rings is 1. The fourth-order valence-corrected chi connectivity index (χ4v) is 3.45. The molecule has 2 heterocycles. The van der Waals surface area contributed by atoms with Crippen LogP contribution in [0.3, 0.4) is 0 Å². The first kappa shape index (κ1) is 18.0. The number of rotatable bonds is 3. The van der Waals surface area contributed by atoms with E-state index in [9.17, 15) is 4.39 Å². The number of nitrogens with zero attached hydrogens (tertiary/aromatic N) is 2. The summed E-state index contributed by atoms with van der Waals surface area (Å²) in [6.07, 6.45) is 0.663. The lowest BCUT2D eigenvalue weighted by molar-refractivity contribution is -0.0666. The van der Waals surface area contributed by atoms with Gasteiger partial charge in [0, 0.05) is 36.7 Å². The minimum Gasteiger partial charge on any atom is -0.467 e. The minimum atomic E-state index is -0.252. The largest absolute Gasteiger partial charge is 0.467 e. The fraction of sp³-hybridized carbons (Fsp3) is 0.632. The van der Waals surface area contributed by atoms with E-state index < -0.39 is 0 Å². The van der Waals surface area contributed by atoms with Crippen molar-refractivity contribution in [1.29, 1.82) is 0 Å². The highest BCUT2D eigenvalue weighted by Crippen LogP contribution is 2.46. The Morgan fingerprint density at radius 3 is 2.72 bits per heavy atom. The van der Waals surface area contributed by atoms with Crippen LogP contribution in [-0.4, -0.2) is 43.3 Å². The van der Waals surface area contributed by atoms with E-state index >= 15 is 0 Å². The molecule has 5 nitrogen and oxygen atoms in total. The van der Waals surface area contributed by atoms with Gasteiger partial charge in [-0.3, -0.25) is 4.99 Å². The predicted molar refractivity (Wildman–Crippen MR) is 96.3 cm³/mol. The van der Waals surface area contributed by atoms with Crippen molar-refractivity contribution in [2.45, 2.75) is 46.3 Å². The molecular weight excluding hydrogens is 321 g/mol. The zero-order valence-corrected chi connectivity index (χ0v) is 15.8. The van der Waals surface area contributed by atoms with Crippen molar-refractivity contribution in [3.8, 4) is 5.75 Å². The summed E-state index contributed by atoms with van der Waals surface area (Å²) in [5, 5.41) is 3.41. The third-order valence-corrected chi connectivity index (χ3v) is 5.78. The molecule has 0 atom stereocenters. The van der Waals surface area contributed by atoms with E-state index in [0.717, 1.165) is 29.4 Å². The second-order valence-electron chi connectivity index (χ2n) is 7.92. The van der Waals surface area contributed by atoms with Gasteiger partial charge in [0.05, 0.1) is 6.61 Å². The summed E-state index contributed by atoms with van der Waals surface area (Å²) >= 11 is 0. The minimum absolute atomic E-state index is 0.0489. The molecule has 138 valence electrons. The monoisotopic (exact) mass is 349 g/mol. The highest BCUT2D eigenvalue weighted by molar-refractivity contribution is 5.82. The Labute approximate surface area is 149 Å². The smallest absolute Gasteiger partial charge is 0.194 e. The van der Waals surface area contributed by atoms with Gasteiger partial charge >= 0.3 is 0 Å². The van der Waals surface area contributed by atoms with Crippen molar-refractivity contribution in [2.75, 3.05) is 26.9 Å². The fourth-order valence-electron chi connectivity index (χ4n) is 3.45. The Hall–Kier alpha value is -1.82. The first-order chi connectivity index (χ1) is 11.8.